The van der Waals surface area contributed by atoms with E-state index in [1.54, 1.807) is 0 Å². The predicted octanol–water partition coefficient (Wildman–Crippen LogP) is 3.64. The van der Waals surface area contributed by atoms with E-state index < -0.39 is 0 Å². The van der Waals surface area contributed by atoms with E-state index in [4.69, 9.17) is 0 Å². The molecule has 1 aliphatic rings. The van der Waals surface area contributed by atoms with E-state index in [2.05, 4.69) is 48.2 Å². The van der Waals surface area contributed by atoms with Gasteiger partial charge in [-0.05, 0) is 56.4 Å². The highest BCUT2D eigenvalue weighted by Gasteiger charge is 2.18. The van der Waals surface area contributed by atoms with E-state index >= 15 is 0 Å². The van der Waals surface area contributed by atoms with Gasteiger partial charge in [0.15, 0.2) is 0 Å². The highest BCUT2D eigenvalue weighted by atomic mass is 15.2. The average Bonchev–Trinajstić information content (AvgIpc) is 2.74. The summed E-state index contributed by atoms with van der Waals surface area (Å²) < 4.78 is 1.86. The third-order valence-corrected chi connectivity index (χ3v) is 4.15. The van der Waals surface area contributed by atoms with Gasteiger partial charge in [0.05, 0.1) is 6.20 Å². The van der Waals surface area contributed by atoms with Crippen molar-refractivity contribution in [1.29, 1.82) is 0 Å². The van der Waals surface area contributed by atoms with Gasteiger partial charge in [-0.2, -0.15) is 5.10 Å². The fraction of sp³-hybridized carbons (Fsp3) is 0.471. The zero-order valence-electron chi connectivity index (χ0n) is 12.6. The molecule has 3 heteroatoms. The summed E-state index contributed by atoms with van der Waals surface area (Å²) in [6.07, 6.45) is 7.78. The molecule has 2 heterocycles. The van der Waals surface area contributed by atoms with E-state index in [1.807, 2.05) is 17.9 Å². The molecule has 0 N–H and O–H groups in total. The second kappa shape index (κ2) is 5.31. The summed E-state index contributed by atoms with van der Waals surface area (Å²) in [6, 6.07) is 7.45. The number of aryl methyl sites for hydroxylation is 2. The molecule has 1 aliphatic heterocycles. The molecule has 3 nitrogen and oxygen atoms in total. The van der Waals surface area contributed by atoms with E-state index in [-0.39, 0.29) is 0 Å². The third kappa shape index (κ3) is 2.45. The lowest BCUT2D eigenvalue weighted by molar-refractivity contribution is 0.652. The van der Waals surface area contributed by atoms with Gasteiger partial charge in [-0.1, -0.05) is 6.07 Å². The summed E-state index contributed by atoms with van der Waals surface area (Å²) >= 11 is 0. The molecule has 0 radical (unpaired) electrons. The summed E-state index contributed by atoms with van der Waals surface area (Å²) in [5.74, 6) is 0. The van der Waals surface area contributed by atoms with Gasteiger partial charge in [-0.15, -0.1) is 0 Å². The van der Waals surface area contributed by atoms with Crippen LogP contribution in [0.25, 0.3) is 11.1 Å². The molecule has 0 bridgehead atoms. The van der Waals surface area contributed by atoms with Crippen LogP contribution in [0.4, 0.5) is 5.69 Å². The Hall–Kier alpha value is -1.77. The van der Waals surface area contributed by atoms with E-state index in [9.17, 15) is 0 Å². The Kier molecular flexibility index (Phi) is 3.51. The second-order valence-corrected chi connectivity index (χ2v) is 5.99. The minimum atomic E-state index is 0.566. The standard InChI is InChI=1S/C17H23N3/c1-13(2)20-9-5-4-6-15-10-14(7-8-17(15)20)16-11-18-19(3)12-16/h7-8,10-13H,4-6,9H2,1-3H3. The van der Waals surface area contributed by atoms with E-state index in [1.165, 1.54) is 48.2 Å². The first-order valence-electron chi connectivity index (χ1n) is 7.54. The molecule has 0 fully saturated rings. The summed E-state index contributed by atoms with van der Waals surface area (Å²) in [5, 5.41) is 4.27. The smallest absolute Gasteiger partial charge is 0.0568 e. The molecule has 0 saturated carbocycles. The number of hydrogen-bond acceptors (Lipinski definition) is 2. The van der Waals surface area contributed by atoms with Crippen LogP contribution in [0.1, 0.15) is 32.3 Å². The number of hydrogen-bond donors (Lipinski definition) is 0. The molecule has 1 aromatic carbocycles. The zero-order chi connectivity index (χ0) is 14.1. The van der Waals surface area contributed by atoms with Crippen molar-refractivity contribution in [3.05, 3.63) is 36.2 Å². The predicted molar refractivity (Wildman–Crippen MR) is 84.1 cm³/mol. The van der Waals surface area contributed by atoms with Gasteiger partial charge in [-0.25, -0.2) is 0 Å². The van der Waals surface area contributed by atoms with Crippen LogP contribution in [0.3, 0.4) is 0 Å². The topological polar surface area (TPSA) is 21.1 Å². The van der Waals surface area contributed by atoms with Gasteiger partial charge in [0, 0.05) is 37.1 Å². The van der Waals surface area contributed by atoms with Crippen molar-refractivity contribution < 1.29 is 0 Å². The number of fused-ring (bicyclic) bond motifs is 1. The first kappa shape index (κ1) is 13.2. The van der Waals surface area contributed by atoms with Crippen LogP contribution in [-0.4, -0.2) is 22.4 Å². The summed E-state index contributed by atoms with van der Waals surface area (Å²) in [4.78, 5) is 2.54. The van der Waals surface area contributed by atoms with Crippen LogP contribution < -0.4 is 4.90 Å². The molecule has 0 amide bonds. The lowest BCUT2D eigenvalue weighted by Crippen LogP contribution is -2.31. The zero-order valence-corrected chi connectivity index (χ0v) is 12.6. The van der Waals surface area contributed by atoms with E-state index in [0.29, 0.717) is 6.04 Å². The lowest BCUT2D eigenvalue weighted by Gasteiger charge is -2.29. The number of aromatic nitrogens is 2. The average molecular weight is 269 g/mol. The van der Waals surface area contributed by atoms with Crippen molar-refractivity contribution in [2.45, 2.75) is 39.2 Å². The summed E-state index contributed by atoms with van der Waals surface area (Å²) in [7, 11) is 1.97. The first-order chi connectivity index (χ1) is 9.65. The number of rotatable bonds is 2. The van der Waals surface area contributed by atoms with Crippen LogP contribution in [-0.2, 0) is 13.5 Å². The minimum absolute atomic E-state index is 0.566. The second-order valence-electron chi connectivity index (χ2n) is 5.99. The van der Waals surface area contributed by atoms with Crippen LogP contribution in [0.5, 0.6) is 0 Å². The van der Waals surface area contributed by atoms with Crippen LogP contribution in [0, 0.1) is 0 Å². The SMILES string of the molecule is CC(C)N1CCCCc2cc(-c3cnn(C)c3)ccc21. The Morgan fingerprint density at radius 2 is 2.00 bits per heavy atom. The maximum Gasteiger partial charge on any atom is 0.0568 e. The fourth-order valence-electron chi connectivity index (χ4n) is 3.07. The highest BCUT2D eigenvalue weighted by Crippen LogP contribution is 2.31. The Morgan fingerprint density at radius 3 is 2.70 bits per heavy atom. The molecule has 20 heavy (non-hydrogen) atoms. The van der Waals surface area contributed by atoms with Crippen molar-refractivity contribution in [2.75, 3.05) is 11.4 Å². The molecule has 1 aromatic heterocycles. The molecule has 0 saturated heterocycles. The van der Waals surface area contributed by atoms with Crippen molar-refractivity contribution in [3.8, 4) is 11.1 Å². The largest absolute Gasteiger partial charge is 0.369 e. The Labute approximate surface area is 121 Å². The van der Waals surface area contributed by atoms with Crippen LogP contribution in [0.2, 0.25) is 0 Å². The molecular formula is C17H23N3. The highest BCUT2D eigenvalue weighted by molar-refractivity contribution is 5.68. The monoisotopic (exact) mass is 269 g/mol. The molecule has 3 rings (SSSR count). The molecule has 0 unspecified atom stereocenters. The van der Waals surface area contributed by atoms with Crippen molar-refractivity contribution in [2.24, 2.45) is 7.05 Å². The first-order valence-corrected chi connectivity index (χ1v) is 7.54. The summed E-state index contributed by atoms with van der Waals surface area (Å²) in [6.45, 7) is 5.74. The molecule has 106 valence electrons. The molecule has 0 atom stereocenters. The van der Waals surface area contributed by atoms with Gasteiger partial charge in [-0.3, -0.25) is 4.68 Å². The van der Waals surface area contributed by atoms with Gasteiger partial charge in [0.1, 0.15) is 0 Å². The molecule has 0 aliphatic carbocycles. The van der Waals surface area contributed by atoms with E-state index in [0.717, 1.165) is 0 Å². The van der Waals surface area contributed by atoms with Crippen LogP contribution >= 0.6 is 0 Å². The van der Waals surface area contributed by atoms with Gasteiger partial charge in [0.25, 0.3) is 0 Å². The quantitative estimate of drug-likeness (QED) is 0.830. The number of benzene rings is 1. The maximum atomic E-state index is 4.27. The van der Waals surface area contributed by atoms with Crippen molar-refractivity contribution in [1.82, 2.24) is 9.78 Å². The van der Waals surface area contributed by atoms with Gasteiger partial charge in [0.2, 0.25) is 0 Å². The number of anilines is 1. The lowest BCUT2D eigenvalue weighted by atomic mass is 10.0. The van der Waals surface area contributed by atoms with Gasteiger partial charge < -0.3 is 4.90 Å². The van der Waals surface area contributed by atoms with Crippen molar-refractivity contribution in [3.63, 3.8) is 0 Å². The van der Waals surface area contributed by atoms with Gasteiger partial charge >= 0.3 is 0 Å². The van der Waals surface area contributed by atoms with Crippen LogP contribution in [0.15, 0.2) is 30.6 Å². The maximum absolute atomic E-state index is 4.27. The fourth-order valence-corrected chi connectivity index (χ4v) is 3.07. The third-order valence-electron chi connectivity index (χ3n) is 4.15. The minimum Gasteiger partial charge on any atom is -0.369 e. The molecule has 2 aromatic rings. The Balaban J connectivity index is 2.01. The van der Waals surface area contributed by atoms with Crippen molar-refractivity contribution >= 4 is 5.69 Å². The Bertz CT molecular complexity index is 598. The normalized spacial score (nSPS) is 15.3. The Morgan fingerprint density at radius 1 is 1.15 bits per heavy atom. The number of nitrogens with zero attached hydrogens (tertiary/aromatic N) is 3. The molecule has 0 spiro atoms. The summed E-state index contributed by atoms with van der Waals surface area (Å²) in [5.41, 5.74) is 5.39. The molecular weight excluding hydrogens is 246 g/mol.